The fourth-order valence-electron chi connectivity index (χ4n) is 3.38. The van der Waals surface area contributed by atoms with E-state index in [0.29, 0.717) is 19.2 Å². The molecular weight excluding hydrogens is 459 g/mol. The summed E-state index contributed by atoms with van der Waals surface area (Å²) in [7, 11) is -4.02. The maximum Gasteiger partial charge on any atom is 0.417 e. The van der Waals surface area contributed by atoms with Crippen molar-refractivity contribution < 1.29 is 35.2 Å². The molecule has 1 aliphatic rings. The Bertz CT molecular complexity index is 1360. The molecule has 1 aliphatic heterocycles. The number of halogens is 5. The second-order valence-electron chi connectivity index (χ2n) is 7.28. The van der Waals surface area contributed by atoms with Crippen molar-refractivity contribution in [2.45, 2.75) is 37.5 Å². The number of aromatic nitrogens is 3. The van der Waals surface area contributed by atoms with Gasteiger partial charge in [-0.25, -0.2) is 22.2 Å². The Hall–Kier alpha value is -3.09. The molecule has 7 nitrogen and oxygen atoms in total. The van der Waals surface area contributed by atoms with Crippen molar-refractivity contribution in [3.05, 3.63) is 53.0 Å². The Labute approximate surface area is 178 Å². The zero-order valence-electron chi connectivity index (χ0n) is 16.6. The van der Waals surface area contributed by atoms with E-state index >= 15 is 0 Å². The van der Waals surface area contributed by atoms with Crippen LogP contribution in [0.15, 0.2) is 35.6 Å². The molecule has 0 atom stereocenters. The largest absolute Gasteiger partial charge is 0.417 e. The summed E-state index contributed by atoms with van der Waals surface area (Å²) in [6, 6.07) is 2.67. The second-order valence-corrected chi connectivity index (χ2v) is 9.48. The number of pyridine rings is 2. The van der Waals surface area contributed by atoms with Gasteiger partial charge in [0.05, 0.1) is 29.1 Å². The molecule has 32 heavy (non-hydrogen) atoms. The van der Waals surface area contributed by atoms with Gasteiger partial charge in [-0.1, -0.05) is 6.92 Å². The highest BCUT2D eigenvalue weighted by atomic mass is 32.2. The van der Waals surface area contributed by atoms with Crippen LogP contribution in [0.1, 0.15) is 41.0 Å². The van der Waals surface area contributed by atoms with Crippen molar-refractivity contribution in [2.75, 3.05) is 10.7 Å². The van der Waals surface area contributed by atoms with Gasteiger partial charge in [-0.3, -0.25) is 19.1 Å². The van der Waals surface area contributed by atoms with Gasteiger partial charge in [0.15, 0.2) is 20.7 Å². The molecule has 1 amide bonds. The first-order chi connectivity index (χ1) is 14.7. The van der Waals surface area contributed by atoms with Gasteiger partial charge >= 0.3 is 6.18 Å². The average molecular weight is 474 g/mol. The number of anilines is 1. The molecular formula is C19H15F5N4O3S. The van der Waals surface area contributed by atoms with Crippen LogP contribution >= 0.6 is 0 Å². The van der Waals surface area contributed by atoms with Gasteiger partial charge in [-0.2, -0.15) is 13.2 Å². The number of alkyl halides is 5. The zero-order valence-corrected chi connectivity index (χ0v) is 17.4. The SMILES string of the molecule is CCS(=O)(=O)c1c(N2Cc3ncc(C(F)(F)F)cc3C2=O)nc2cc(C(C)(F)F)ccn12. The van der Waals surface area contributed by atoms with E-state index in [9.17, 15) is 35.2 Å². The van der Waals surface area contributed by atoms with E-state index in [-0.39, 0.29) is 35.0 Å². The van der Waals surface area contributed by atoms with E-state index in [1.807, 2.05) is 0 Å². The number of hydrogen-bond acceptors (Lipinski definition) is 5. The van der Waals surface area contributed by atoms with Crippen LogP contribution in [0.25, 0.3) is 5.65 Å². The summed E-state index contributed by atoms with van der Waals surface area (Å²) in [5.41, 5.74) is -2.02. The first-order valence-corrected chi connectivity index (χ1v) is 10.9. The number of sulfone groups is 1. The lowest BCUT2D eigenvalue weighted by atomic mass is 10.1. The predicted octanol–water partition coefficient (Wildman–Crippen LogP) is 3.81. The van der Waals surface area contributed by atoms with Gasteiger partial charge in [0.1, 0.15) is 5.65 Å². The van der Waals surface area contributed by atoms with Crippen LogP contribution in [0.2, 0.25) is 0 Å². The molecule has 4 rings (SSSR count). The van der Waals surface area contributed by atoms with Gasteiger partial charge in [0.2, 0.25) is 0 Å². The summed E-state index contributed by atoms with van der Waals surface area (Å²) >= 11 is 0. The van der Waals surface area contributed by atoms with E-state index in [1.54, 1.807) is 0 Å². The molecule has 0 bridgehead atoms. The highest BCUT2D eigenvalue weighted by Crippen LogP contribution is 2.37. The molecule has 0 saturated heterocycles. The van der Waals surface area contributed by atoms with E-state index in [0.717, 1.165) is 27.6 Å². The van der Waals surface area contributed by atoms with Crippen LogP contribution in [0.3, 0.4) is 0 Å². The quantitative estimate of drug-likeness (QED) is 0.537. The van der Waals surface area contributed by atoms with Gasteiger partial charge in [0, 0.05) is 24.9 Å². The Morgan fingerprint density at radius 3 is 2.41 bits per heavy atom. The minimum Gasteiger partial charge on any atom is -0.289 e. The maximum atomic E-state index is 13.7. The Kier molecular flexibility index (Phi) is 4.81. The van der Waals surface area contributed by atoms with Crippen LogP contribution in [-0.2, 0) is 28.5 Å². The van der Waals surface area contributed by atoms with E-state index in [4.69, 9.17) is 0 Å². The minimum absolute atomic E-state index is 0.0145. The van der Waals surface area contributed by atoms with Crippen LogP contribution in [-0.4, -0.2) is 34.4 Å². The average Bonchev–Trinajstić information content (AvgIpc) is 3.24. The molecule has 13 heteroatoms. The summed E-state index contributed by atoms with van der Waals surface area (Å²) in [6.45, 7) is 1.70. The first-order valence-electron chi connectivity index (χ1n) is 9.25. The lowest BCUT2D eigenvalue weighted by Gasteiger charge is -2.14. The number of carbonyl (C=O) groups is 1. The van der Waals surface area contributed by atoms with Crippen molar-refractivity contribution >= 4 is 27.2 Å². The molecule has 3 aromatic rings. The molecule has 0 unspecified atom stereocenters. The van der Waals surface area contributed by atoms with Crippen molar-refractivity contribution in [3.8, 4) is 0 Å². The summed E-state index contributed by atoms with van der Waals surface area (Å²) in [6.07, 6.45) is -3.04. The third kappa shape index (κ3) is 3.49. The molecule has 170 valence electrons. The highest BCUT2D eigenvalue weighted by molar-refractivity contribution is 7.91. The summed E-state index contributed by atoms with van der Waals surface area (Å²) in [5, 5.41) is -0.418. The lowest BCUT2D eigenvalue weighted by Crippen LogP contribution is -2.26. The number of rotatable bonds is 4. The van der Waals surface area contributed by atoms with Crippen molar-refractivity contribution in [3.63, 3.8) is 0 Å². The topological polar surface area (TPSA) is 84.6 Å². The van der Waals surface area contributed by atoms with E-state index in [1.165, 1.54) is 6.92 Å². The lowest BCUT2D eigenvalue weighted by molar-refractivity contribution is -0.137. The molecule has 0 radical (unpaired) electrons. The monoisotopic (exact) mass is 474 g/mol. The smallest absolute Gasteiger partial charge is 0.289 e. The first kappa shape index (κ1) is 22.1. The van der Waals surface area contributed by atoms with Crippen LogP contribution < -0.4 is 4.90 Å². The Balaban J connectivity index is 1.90. The summed E-state index contributed by atoms with van der Waals surface area (Å²) in [4.78, 5) is 21.6. The number of carbonyl (C=O) groups excluding carboxylic acids is 1. The zero-order chi connectivity index (χ0) is 23.6. The van der Waals surface area contributed by atoms with Gasteiger partial charge in [-0.05, 0) is 18.2 Å². The molecule has 0 aromatic carbocycles. The standard InChI is InChI=1S/C19H15F5N4O3S/c1-3-32(30,31)17-15(26-14-7-10(18(2,20)21)4-5-27(14)17)28-9-13-12(16(28)29)6-11(8-25-13)19(22,23)24/h4-8H,3,9H2,1-2H3. The third-order valence-electron chi connectivity index (χ3n) is 5.08. The molecule has 0 fully saturated rings. The Morgan fingerprint density at radius 1 is 1.12 bits per heavy atom. The van der Waals surface area contributed by atoms with Crippen LogP contribution in [0, 0.1) is 0 Å². The minimum atomic E-state index is -4.72. The van der Waals surface area contributed by atoms with E-state index < -0.39 is 44.0 Å². The van der Waals surface area contributed by atoms with Crippen molar-refractivity contribution in [1.82, 2.24) is 14.4 Å². The van der Waals surface area contributed by atoms with Gasteiger partial charge in [-0.15, -0.1) is 0 Å². The van der Waals surface area contributed by atoms with E-state index in [2.05, 4.69) is 9.97 Å². The normalized spacial score (nSPS) is 15.0. The number of nitrogens with zero attached hydrogens (tertiary/aromatic N) is 4. The number of amides is 1. The van der Waals surface area contributed by atoms with Gasteiger partial charge < -0.3 is 0 Å². The third-order valence-corrected chi connectivity index (χ3v) is 6.81. The summed E-state index contributed by atoms with van der Waals surface area (Å²) < 4.78 is 93.2. The van der Waals surface area contributed by atoms with Crippen LogP contribution in [0.4, 0.5) is 27.8 Å². The van der Waals surface area contributed by atoms with Crippen molar-refractivity contribution in [1.29, 1.82) is 0 Å². The second kappa shape index (κ2) is 6.95. The van der Waals surface area contributed by atoms with Crippen LogP contribution in [0.5, 0.6) is 0 Å². The fourth-order valence-corrected chi connectivity index (χ4v) is 4.54. The Morgan fingerprint density at radius 2 is 1.81 bits per heavy atom. The predicted molar refractivity (Wildman–Crippen MR) is 102 cm³/mol. The highest BCUT2D eigenvalue weighted by Gasteiger charge is 2.39. The summed E-state index contributed by atoms with van der Waals surface area (Å²) in [5.74, 6) is -4.89. The van der Waals surface area contributed by atoms with Gasteiger partial charge in [0.25, 0.3) is 11.8 Å². The molecule has 3 aromatic heterocycles. The number of hydrogen-bond donors (Lipinski definition) is 0. The molecule has 0 saturated carbocycles. The van der Waals surface area contributed by atoms with Crippen molar-refractivity contribution in [2.24, 2.45) is 0 Å². The number of fused-ring (bicyclic) bond motifs is 2. The maximum absolute atomic E-state index is 13.7. The molecule has 4 heterocycles. The molecule has 0 N–H and O–H groups in total. The fraction of sp³-hybridized carbons (Fsp3) is 0.316. The molecule has 0 aliphatic carbocycles. The number of imidazole rings is 1. The molecule has 0 spiro atoms.